The highest BCUT2D eigenvalue weighted by Crippen LogP contribution is 2.10. The highest BCUT2D eigenvalue weighted by molar-refractivity contribution is 7.85. The number of rotatable bonds is 2. The van der Waals surface area contributed by atoms with Crippen LogP contribution in [0.25, 0.3) is 0 Å². The predicted molar refractivity (Wildman–Crippen MR) is 37.6 cm³/mol. The molecule has 2 amide bonds. The zero-order chi connectivity index (χ0) is 10.1. The summed E-state index contributed by atoms with van der Waals surface area (Å²) < 4.78 is 30.2. The van der Waals surface area contributed by atoms with E-state index in [1.54, 1.807) is 0 Å². The molecular weight excluding hydrogens is 204 g/mol. The normalized spacial score (nSPS) is 16.9. The van der Waals surface area contributed by atoms with Crippen molar-refractivity contribution in [1.82, 2.24) is 4.31 Å². The second kappa shape index (κ2) is 3.09. The van der Waals surface area contributed by atoms with E-state index >= 15 is 0 Å². The van der Waals surface area contributed by atoms with E-state index in [2.05, 4.69) is 14.7 Å². The highest BCUT2D eigenvalue weighted by atomic mass is 32.2. The van der Waals surface area contributed by atoms with Crippen molar-refractivity contribution < 1.29 is 26.9 Å². The first-order valence-electron chi connectivity index (χ1n) is 3.12. The van der Waals surface area contributed by atoms with E-state index in [0.717, 1.165) is 0 Å². The fraction of sp³-hybridized carbons (Fsp3) is 0.500. The van der Waals surface area contributed by atoms with Crippen molar-refractivity contribution in [2.45, 2.75) is 0 Å². The number of carbonyl (C=O) groups excluding carboxylic acids is 2. The number of carbonyl (C=O) groups is 2. The van der Waals surface area contributed by atoms with Gasteiger partial charge in [-0.15, -0.1) is 0 Å². The van der Waals surface area contributed by atoms with Crippen molar-refractivity contribution in [3.63, 3.8) is 0 Å². The summed E-state index contributed by atoms with van der Waals surface area (Å²) in [5.74, 6) is 0. The average Bonchev–Trinajstić information content (AvgIpc) is 2.32. The average molecular weight is 210 g/mol. The Labute approximate surface area is 73.4 Å². The van der Waals surface area contributed by atoms with Gasteiger partial charge in [-0.2, -0.15) is 12.7 Å². The molecule has 9 heteroatoms. The maximum atomic E-state index is 11.0. The molecule has 1 rings (SSSR count). The molecule has 0 aromatic heterocycles. The van der Waals surface area contributed by atoms with Crippen LogP contribution < -0.4 is 5.73 Å². The van der Waals surface area contributed by atoms with Crippen LogP contribution in [0.1, 0.15) is 0 Å². The molecule has 0 radical (unpaired) electrons. The van der Waals surface area contributed by atoms with Crippen molar-refractivity contribution in [2.75, 3.05) is 13.2 Å². The molecule has 0 spiro atoms. The molecule has 74 valence electrons. The number of nitrogens with zero attached hydrogens (tertiary/aromatic N) is 1. The summed E-state index contributed by atoms with van der Waals surface area (Å²) in [6.07, 6.45) is -2.58. The molecule has 1 aliphatic heterocycles. The van der Waals surface area contributed by atoms with E-state index in [1.165, 1.54) is 0 Å². The highest BCUT2D eigenvalue weighted by Gasteiger charge is 2.36. The van der Waals surface area contributed by atoms with Gasteiger partial charge in [0.15, 0.2) is 0 Å². The van der Waals surface area contributed by atoms with Gasteiger partial charge in [0.05, 0.1) is 6.54 Å². The van der Waals surface area contributed by atoms with E-state index in [4.69, 9.17) is 0 Å². The zero-order valence-electron chi connectivity index (χ0n) is 6.30. The van der Waals surface area contributed by atoms with Crippen molar-refractivity contribution >= 4 is 22.5 Å². The van der Waals surface area contributed by atoms with E-state index in [0.29, 0.717) is 0 Å². The maximum Gasteiger partial charge on any atom is 0.426 e. The maximum absolute atomic E-state index is 11.0. The molecule has 1 fully saturated rings. The molecule has 13 heavy (non-hydrogen) atoms. The molecule has 8 nitrogen and oxygen atoms in total. The Hall–Kier alpha value is -1.51. The number of primary amides is 1. The third kappa shape index (κ3) is 1.99. The first kappa shape index (κ1) is 9.58. The monoisotopic (exact) mass is 210 g/mol. The van der Waals surface area contributed by atoms with Crippen molar-refractivity contribution in [2.24, 2.45) is 5.73 Å². The Morgan fingerprint density at radius 2 is 2.23 bits per heavy atom. The second-order valence-corrected chi connectivity index (χ2v) is 3.51. The molecule has 0 atom stereocenters. The first-order valence-corrected chi connectivity index (χ1v) is 4.48. The van der Waals surface area contributed by atoms with Crippen LogP contribution in [0, 0.1) is 0 Å². The minimum atomic E-state index is -4.42. The molecule has 1 heterocycles. The lowest BCUT2D eigenvalue weighted by Crippen LogP contribution is -2.35. The van der Waals surface area contributed by atoms with E-state index < -0.39 is 22.5 Å². The Kier molecular flexibility index (Phi) is 2.28. The van der Waals surface area contributed by atoms with Crippen LogP contribution >= 0.6 is 0 Å². The summed E-state index contributed by atoms with van der Waals surface area (Å²) in [6.45, 7) is -0.255. The second-order valence-electron chi connectivity index (χ2n) is 2.05. The number of ether oxygens (including phenoxy) is 1. The Balaban J connectivity index is 2.80. The SMILES string of the molecule is NC(=O)OS(=O)(=O)N1CCOC1=O. The summed E-state index contributed by atoms with van der Waals surface area (Å²) in [5, 5.41) is 0. The number of hydrogen-bond donors (Lipinski definition) is 1. The van der Waals surface area contributed by atoms with Crippen LogP contribution in [0.4, 0.5) is 9.59 Å². The van der Waals surface area contributed by atoms with Gasteiger partial charge in [-0.1, -0.05) is 0 Å². The van der Waals surface area contributed by atoms with Gasteiger partial charge < -0.3 is 14.7 Å². The molecule has 0 saturated carbocycles. The fourth-order valence-electron chi connectivity index (χ4n) is 0.731. The Morgan fingerprint density at radius 1 is 1.62 bits per heavy atom. The van der Waals surface area contributed by atoms with Gasteiger partial charge in [0.2, 0.25) is 0 Å². The number of nitrogens with two attached hydrogens (primary N) is 1. The molecule has 0 bridgehead atoms. The van der Waals surface area contributed by atoms with Gasteiger partial charge in [-0.25, -0.2) is 9.59 Å². The van der Waals surface area contributed by atoms with Crippen LogP contribution in [0.5, 0.6) is 0 Å². The fourth-order valence-corrected chi connectivity index (χ4v) is 1.56. The van der Waals surface area contributed by atoms with Gasteiger partial charge in [0, 0.05) is 0 Å². The number of cyclic esters (lactones) is 1. The largest absolute Gasteiger partial charge is 0.447 e. The lowest BCUT2D eigenvalue weighted by Gasteiger charge is -2.10. The van der Waals surface area contributed by atoms with E-state index in [-0.39, 0.29) is 17.5 Å². The third-order valence-corrected chi connectivity index (χ3v) is 2.43. The summed E-state index contributed by atoms with van der Waals surface area (Å²) in [6, 6.07) is 0. The van der Waals surface area contributed by atoms with Gasteiger partial charge in [-0.05, 0) is 0 Å². The molecule has 0 unspecified atom stereocenters. The van der Waals surface area contributed by atoms with Crippen LogP contribution in [-0.2, 0) is 19.2 Å². The summed E-state index contributed by atoms with van der Waals surface area (Å²) >= 11 is 0. The molecule has 0 aromatic rings. The molecule has 2 N–H and O–H groups in total. The van der Waals surface area contributed by atoms with Gasteiger partial charge in [-0.3, -0.25) is 0 Å². The molecular formula is C4H6N2O6S. The van der Waals surface area contributed by atoms with Crippen LogP contribution in [-0.4, -0.2) is 38.1 Å². The number of amides is 2. The van der Waals surface area contributed by atoms with Crippen molar-refractivity contribution in [1.29, 1.82) is 0 Å². The van der Waals surface area contributed by atoms with Crippen LogP contribution in [0.2, 0.25) is 0 Å². The topological polar surface area (TPSA) is 116 Å². The standard InChI is InChI=1S/C4H6N2O6S/c5-3(7)12-13(9,10)6-1-2-11-4(6)8/h1-2H2,(H2,5,7). The van der Waals surface area contributed by atoms with Crippen molar-refractivity contribution in [3.8, 4) is 0 Å². The smallest absolute Gasteiger partial charge is 0.426 e. The van der Waals surface area contributed by atoms with Crippen LogP contribution in [0.15, 0.2) is 0 Å². The first-order chi connectivity index (χ1) is 5.93. The molecule has 1 saturated heterocycles. The van der Waals surface area contributed by atoms with Crippen molar-refractivity contribution in [3.05, 3.63) is 0 Å². The number of hydrogen-bond acceptors (Lipinski definition) is 6. The lowest BCUT2D eigenvalue weighted by atomic mass is 10.7. The van der Waals surface area contributed by atoms with Gasteiger partial charge >= 0.3 is 22.5 Å². The molecule has 0 aromatic carbocycles. The Bertz CT molecular complexity index is 335. The molecule has 1 aliphatic rings. The summed E-state index contributed by atoms with van der Waals surface area (Å²) in [4.78, 5) is 20.8. The lowest BCUT2D eigenvalue weighted by molar-refractivity contribution is 0.167. The third-order valence-electron chi connectivity index (χ3n) is 1.18. The van der Waals surface area contributed by atoms with E-state index in [9.17, 15) is 18.0 Å². The predicted octanol–water partition coefficient (Wildman–Crippen LogP) is -1.22. The van der Waals surface area contributed by atoms with E-state index in [1.807, 2.05) is 0 Å². The minimum absolute atomic E-state index is 0.0693. The Morgan fingerprint density at radius 3 is 2.62 bits per heavy atom. The van der Waals surface area contributed by atoms with Gasteiger partial charge in [0.25, 0.3) is 0 Å². The quantitative estimate of drug-likeness (QED) is 0.610. The van der Waals surface area contributed by atoms with Gasteiger partial charge in [0.1, 0.15) is 6.61 Å². The summed E-state index contributed by atoms with van der Waals surface area (Å²) in [5.41, 5.74) is 4.47. The summed E-state index contributed by atoms with van der Waals surface area (Å²) in [7, 11) is -4.42. The molecule has 0 aliphatic carbocycles. The minimum Gasteiger partial charge on any atom is -0.447 e. The zero-order valence-corrected chi connectivity index (χ0v) is 7.11. The van der Waals surface area contributed by atoms with Crippen LogP contribution in [0.3, 0.4) is 0 Å².